The molecule has 94 valence electrons. The molecule has 1 heterocycles. The maximum Gasteiger partial charge on any atom is 0.381 e. The highest BCUT2D eigenvalue weighted by Gasteiger charge is 2.11. The number of aromatic nitrogens is 2. The Morgan fingerprint density at radius 1 is 1.50 bits per heavy atom. The largest absolute Gasteiger partial charge is 0.496 e. The van der Waals surface area contributed by atoms with Gasteiger partial charge >= 0.3 is 5.82 Å². The number of rotatable bonds is 4. The molecule has 0 spiro atoms. The number of hydrogen-bond donors (Lipinski definition) is 0. The fourth-order valence-corrected chi connectivity index (χ4v) is 1.76. The quantitative estimate of drug-likeness (QED) is 0.613. The normalized spacial score (nSPS) is 10.3. The second-order valence-corrected chi connectivity index (χ2v) is 3.98. The third-order valence-corrected chi connectivity index (χ3v) is 2.60. The van der Waals surface area contributed by atoms with Crippen molar-refractivity contribution in [1.82, 2.24) is 9.55 Å². The van der Waals surface area contributed by atoms with Gasteiger partial charge in [0.1, 0.15) is 11.9 Å². The second-order valence-electron chi connectivity index (χ2n) is 3.98. The summed E-state index contributed by atoms with van der Waals surface area (Å²) in [6, 6.07) is 5.83. The topological polar surface area (TPSA) is 70.2 Å². The number of benzene rings is 1. The highest BCUT2D eigenvalue weighted by Crippen LogP contribution is 2.21. The van der Waals surface area contributed by atoms with Crippen molar-refractivity contribution in [2.75, 3.05) is 7.11 Å². The van der Waals surface area contributed by atoms with Gasteiger partial charge in [-0.05, 0) is 22.9 Å². The Morgan fingerprint density at radius 2 is 2.28 bits per heavy atom. The van der Waals surface area contributed by atoms with Crippen LogP contribution in [0.5, 0.6) is 5.75 Å². The van der Waals surface area contributed by atoms with E-state index >= 15 is 0 Å². The molecule has 0 saturated heterocycles. The summed E-state index contributed by atoms with van der Waals surface area (Å²) >= 11 is 0. The summed E-state index contributed by atoms with van der Waals surface area (Å²) in [5.74, 6) is 0.610. The Kier molecular flexibility index (Phi) is 3.27. The van der Waals surface area contributed by atoms with Crippen molar-refractivity contribution in [3.63, 3.8) is 0 Å². The lowest BCUT2D eigenvalue weighted by atomic mass is 10.1. The summed E-state index contributed by atoms with van der Waals surface area (Å²) in [4.78, 5) is 13.8. The maximum absolute atomic E-state index is 10.5. The van der Waals surface area contributed by atoms with Crippen LogP contribution in [0.25, 0.3) is 0 Å². The molecule has 0 radical (unpaired) electrons. The Morgan fingerprint density at radius 3 is 2.89 bits per heavy atom. The van der Waals surface area contributed by atoms with E-state index in [4.69, 9.17) is 4.74 Å². The molecule has 0 aliphatic carbocycles. The molecule has 1 aromatic heterocycles. The van der Waals surface area contributed by atoms with Crippen molar-refractivity contribution in [2.45, 2.75) is 13.5 Å². The van der Waals surface area contributed by atoms with Gasteiger partial charge in [0, 0.05) is 5.56 Å². The van der Waals surface area contributed by atoms with E-state index in [2.05, 4.69) is 4.98 Å². The molecule has 0 atom stereocenters. The number of hydrogen-bond acceptors (Lipinski definition) is 4. The zero-order valence-corrected chi connectivity index (χ0v) is 10.2. The first-order valence-electron chi connectivity index (χ1n) is 5.40. The van der Waals surface area contributed by atoms with Crippen LogP contribution in [0.15, 0.2) is 30.7 Å². The van der Waals surface area contributed by atoms with Crippen LogP contribution < -0.4 is 4.74 Å². The number of methoxy groups -OCH3 is 1. The number of ether oxygens (including phenoxy) is 1. The highest BCUT2D eigenvalue weighted by molar-refractivity contribution is 5.37. The van der Waals surface area contributed by atoms with E-state index in [0.29, 0.717) is 6.54 Å². The van der Waals surface area contributed by atoms with Crippen molar-refractivity contribution in [3.8, 4) is 5.75 Å². The van der Waals surface area contributed by atoms with Crippen LogP contribution >= 0.6 is 0 Å². The van der Waals surface area contributed by atoms with Crippen LogP contribution in [0.3, 0.4) is 0 Å². The molecule has 6 heteroatoms. The fraction of sp³-hybridized carbons (Fsp3) is 0.250. The Balaban J connectivity index is 2.27. The van der Waals surface area contributed by atoms with Crippen molar-refractivity contribution >= 4 is 5.82 Å². The first kappa shape index (κ1) is 12.1. The van der Waals surface area contributed by atoms with Gasteiger partial charge in [-0.3, -0.25) is 0 Å². The van der Waals surface area contributed by atoms with Gasteiger partial charge in [-0.25, -0.2) is 0 Å². The molecule has 18 heavy (non-hydrogen) atoms. The summed E-state index contributed by atoms with van der Waals surface area (Å²) in [6.45, 7) is 2.48. The fourth-order valence-electron chi connectivity index (χ4n) is 1.76. The van der Waals surface area contributed by atoms with E-state index in [0.717, 1.165) is 16.9 Å². The molecular formula is C12H13N3O3. The van der Waals surface area contributed by atoms with Crippen molar-refractivity contribution in [2.24, 2.45) is 0 Å². The van der Waals surface area contributed by atoms with Gasteiger partial charge in [-0.15, -0.1) is 0 Å². The summed E-state index contributed by atoms with van der Waals surface area (Å²) in [5, 5.41) is 10.5. The van der Waals surface area contributed by atoms with E-state index in [1.807, 2.05) is 25.1 Å². The Labute approximate surface area is 104 Å². The minimum absolute atomic E-state index is 0.151. The van der Waals surface area contributed by atoms with Crippen molar-refractivity contribution in [1.29, 1.82) is 0 Å². The molecular weight excluding hydrogens is 234 g/mol. The lowest BCUT2D eigenvalue weighted by Gasteiger charge is -2.09. The van der Waals surface area contributed by atoms with Crippen LogP contribution in [0, 0.1) is 17.0 Å². The standard InChI is InChI=1S/C12H13N3O3/c1-9-3-4-11(18-2)10(5-9)6-14-7-12(13-8-14)15(16)17/h3-5,7-8H,6H2,1-2H3. The Bertz CT molecular complexity index is 578. The van der Waals surface area contributed by atoms with E-state index in [-0.39, 0.29) is 5.82 Å². The predicted octanol–water partition coefficient (Wildman–Crippen LogP) is 2.16. The monoisotopic (exact) mass is 247 g/mol. The maximum atomic E-state index is 10.5. The molecule has 0 unspecified atom stereocenters. The minimum atomic E-state index is -0.510. The first-order chi connectivity index (χ1) is 8.60. The molecule has 0 amide bonds. The van der Waals surface area contributed by atoms with E-state index in [1.54, 1.807) is 11.7 Å². The third-order valence-electron chi connectivity index (χ3n) is 2.60. The second kappa shape index (κ2) is 4.87. The third kappa shape index (κ3) is 2.48. The van der Waals surface area contributed by atoms with Gasteiger partial charge in [-0.2, -0.15) is 0 Å². The lowest BCUT2D eigenvalue weighted by molar-refractivity contribution is -0.389. The molecule has 0 N–H and O–H groups in total. The molecule has 6 nitrogen and oxygen atoms in total. The molecule has 0 saturated carbocycles. The van der Waals surface area contributed by atoms with Crippen molar-refractivity contribution < 1.29 is 9.66 Å². The number of aryl methyl sites for hydroxylation is 1. The minimum Gasteiger partial charge on any atom is -0.496 e. The van der Waals surface area contributed by atoms with Gasteiger partial charge in [0.25, 0.3) is 0 Å². The molecule has 0 aliphatic heterocycles. The summed E-state index contributed by atoms with van der Waals surface area (Å²) in [7, 11) is 1.60. The Hall–Kier alpha value is -2.37. The van der Waals surface area contributed by atoms with Crippen LogP contribution in [0.1, 0.15) is 11.1 Å². The van der Waals surface area contributed by atoms with Gasteiger partial charge in [0.05, 0.1) is 13.7 Å². The number of nitro groups is 1. The van der Waals surface area contributed by atoms with Gasteiger partial charge in [0.2, 0.25) is 6.33 Å². The molecule has 0 bridgehead atoms. The lowest BCUT2D eigenvalue weighted by Crippen LogP contribution is -2.00. The summed E-state index contributed by atoms with van der Waals surface area (Å²) in [6.07, 6.45) is 2.85. The highest BCUT2D eigenvalue weighted by atomic mass is 16.6. The summed E-state index contributed by atoms with van der Waals surface area (Å²) in [5.41, 5.74) is 2.07. The smallest absolute Gasteiger partial charge is 0.381 e. The average Bonchev–Trinajstić information content (AvgIpc) is 2.78. The van der Waals surface area contributed by atoms with Gasteiger partial charge in [0.15, 0.2) is 0 Å². The molecule has 2 aromatic rings. The van der Waals surface area contributed by atoms with Crippen LogP contribution in [-0.2, 0) is 6.54 Å². The van der Waals surface area contributed by atoms with E-state index < -0.39 is 4.92 Å². The van der Waals surface area contributed by atoms with Crippen LogP contribution in [0.4, 0.5) is 5.82 Å². The average molecular weight is 247 g/mol. The van der Waals surface area contributed by atoms with E-state index in [1.165, 1.54) is 12.5 Å². The van der Waals surface area contributed by atoms with Crippen LogP contribution in [0.2, 0.25) is 0 Å². The first-order valence-corrected chi connectivity index (χ1v) is 5.40. The van der Waals surface area contributed by atoms with E-state index in [9.17, 15) is 10.1 Å². The number of nitrogens with zero attached hydrogens (tertiary/aromatic N) is 3. The zero-order valence-electron chi connectivity index (χ0n) is 10.2. The summed E-state index contributed by atoms with van der Waals surface area (Å²) < 4.78 is 6.92. The van der Waals surface area contributed by atoms with Gasteiger partial charge < -0.3 is 19.4 Å². The van der Waals surface area contributed by atoms with Gasteiger partial charge in [-0.1, -0.05) is 17.7 Å². The molecule has 1 aromatic carbocycles. The zero-order chi connectivity index (χ0) is 13.1. The SMILES string of the molecule is COc1ccc(C)cc1Cn1cnc([N+](=O)[O-])c1. The molecule has 0 fully saturated rings. The molecule has 2 rings (SSSR count). The van der Waals surface area contributed by atoms with Crippen LogP contribution in [-0.4, -0.2) is 21.6 Å². The van der Waals surface area contributed by atoms with Crippen molar-refractivity contribution in [3.05, 3.63) is 52.0 Å². The number of imidazole rings is 1. The molecule has 0 aliphatic rings. The predicted molar refractivity (Wildman–Crippen MR) is 65.7 cm³/mol.